The van der Waals surface area contributed by atoms with Crippen molar-refractivity contribution in [3.8, 4) is 33.7 Å². The number of hydrogen-bond acceptors (Lipinski definition) is 8. The summed E-state index contributed by atoms with van der Waals surface area (Å²) in [6.07, 6.45) is 0. The Balaban J connectivity index is 1.71. The van der Waals surface area contributed by atoms with Crippen molar-refractivity contribution < 1.29 is 22.4 Å². The number of ether oxygens (including phenoxy) is 2. The molecule has 0 aliphatic rings. The summed E-state index contributed by atoms with van der Waals surface area (Å²) in [5.41, 5.74) is 3.46. The van der Waals surface area contributed by atoms with Crippen LogP contribution in [0.1, 0.15) is 11.1 Å². The largest absolute Gasteiger partial charge is 0.497 e. The lowest BCUT2D eigenvalue weighted by Crippen LogP contribution is -2.26. The van der Waals surface area contributed by atoms with Crippen molar-refractivity contribution in [3.05, 3.63) is 59.0 Å². The number of nitrogens with zero attached hydrogens (tertiary/aromatic N) is 3. The first-order chi connectivity index (χ1) is 15.7. The smallest absolute Gasteiger partial charge is 0.269 e. The van der Waals surface area contributed by atoms with Gasteiger partial charge in [0.15, 0.2) is 0 Å². The molecule has 2 aromatic heterocycles. The maximum Gasteiger partial charge on any atom is 0.269 e. The molecule has 0 N–H and O–H groups in total. The number of thiophene rings is 1. The van der Waals surface area contributed by atoms with Crippen molar-refractivity contribution >= 4 is 27.0 Å². The molecule has 0 atom stereocenters. The first kappa shape index (κ1) is 22.8. The van der Waals surface area contributed by atoms with Gasteiger partial charge in [0.05, 0.1) is 19.9 Å². The minimum atomic E-state index is -3.94. The van der Waals surface area contributed by atoms with Gasteiger partial charge in [-0.15, -0.1) is 11.3 Å². The molecule has 4 aromatic rings. The zero-order valence-corrected chi connectivity index (χ0v) is 20.5. The van der Waals surface area contributed by atoms with Crippen LogP contribution in [0, 0.1) is 13.8 Å². The van der Waals surface area contributed by atoms with Crippen LogP contribution >= 0.6 is 11.3 Å². The van der Waals surface area contributed by atoms with E-state index in [2.05, 4.69) is 10.1 Å². The average Bonchev–Trinajstić information content (AvgIpc) is 3.50. The molecule has 0 saturated carbocycles. The number of aromatic nitrogens is 2. The number of anilines is 1. The van der Waals surface area contributed by atoms with E-state index in [0.29, 0.717) is 27.9 Å². The summed E-state index contributed by atoms with van der Waals surface area (Å²) in [7, 11) is 0.545. The molecule has 0 fully saturated rings. The van der Waals surface area contributed by atoms with Gasteiger partial charge in [-0.1, -0.05) is 17.3 Å². The van der Waals surface area contributed by atoms with Gasteiger partial charge >= 0.3 is 0 Å². The van der Waals surface area contributed by atoms with Gasteiger partial charge < -0.3 is 14.0 Å². The Labute approximate surface area is 196 Å². The molecule has 0 saturated heterocycles. The second-order valence-electron chi connectivity index (χ2n) is 7.38. The molecular weight excluding hydrogens is 462 g/mol. The summed E-state index contributed by atoms with van der Waals surface area (Å²) >= 11 is 1.22. The highest BCUT2D eigenvalue weighted by Crippen LogP contribution is 2.37. The minimum Gasteiger partial charge on any atom is -0.497 e. The Hall–Kier alpha value is -3.37. The number of methoxy groups -OCH3 is 2. The van der Waals surface area contributed by atoms with E-state index in [-0.39, 0.29) is 10.8 Å². The Kier molecular flexibility index (Phi) is 6.13. The van der Waals surface area contributed by atoms with Gasteiger partial charge in [0.2, 0.25) is 5.82 Å². The maximum atomic E-state index is 13.5. The van der Waals surface area contributed by atoms with Gasteiger partial charge in [0, 0.05) is 30.8 Å². The molecule has 2 heterocycles. The van der Waals surface area contributed by atoms with Crippen molar-refractivity contribution in [1.82, 2.24) is 10.1 Å². The van der Waals surface area contributed by atoms with Gasteiger partial charge in [0.25, 0.3) is 15.9 Å². The Morgan fingerprint density at radius 2 is 1.67 bits per heavy atom. The van der Waals surface area contributed by atoms with E-state index >= 15 is 0 Å². The van der Waals surface area contributed by atoms with Crippen LogP contribution in [-0.4, -0.2) is 39.8 Å². The molecule has 4 rings (SSSR count). The summed E-state index contributed by atoms with van der Waals surface area (Å²) in [4.78, 5) is 4.91. The van der Waals surface area contributed by atoms with Crippen LogP contribution in [0.3, 0.4) is 0 Å². The molecule has 0 aliphatic carbocycles. The molecule has 0 spiro atoms. The van der Waals surface area contributed by atoms with Crippen molar-refractivity contribution in [2.75, 3.05) is 25.6 Å². The van der Waals surface area contributed by atoms with Crippen LogP contribution in [0.15, 0.2) is 57.3 Å². The predicted molar refractivity (Wildman–Crippen MR) is 128 cm³/mol. The van der Waals surface area contributed by atoms with E-state index < -0.39 is 10.0 Å². The van der Waals surface area contributed by atoms with Gasteiger partial charge in [-0.25, -0.2) is 8.42 Å². The second kappa shape index (κ2) is 8.87. The fourth-order valence-electron chi connectivity index (χ4n) is 3.23. The van der Waals surface area contributed by atoms with Crippen LogP contribution in [-0.2, 0) is 10.0 Å². The number of aryl methyl sites for hydroxylation is 2. The standard InChI is InChI=1S/C23H23N3O5S2/c1-14-6-7-16(10-15(14)2)22-24-23(31-25-22)21-20(8-9-32-21)33(27,28)26(3)17-11-18(29-4)13-19(12-17)30-5/h6-13H,1-5H3. The molecular formula is C23H23N3O5S2. The zero-order chi connectivity index (χ0) is 23.8. The lowest BCUT2D eigenvalue weighted by atomic mass is 10.1. The molecule has 172 valence electrons. The van der Waals surface area contributed by atoms with Crippen molar-refractivity contribution in [2.45, 2.75) is 18.7 Å². The Morgan fingerprint density at radius 3 is 2.30 bits per heavy atom. The molecule has 0 aliphatic heterocycles. The molecule has 33 heavy (non-hydrogen) atoms. The highest BCUT2D eigenvalue weighted by atomic mass is 32.2. The molecule has 0 radical (unpaired) electrons. The summed E-state index contributed by atoms with van der Waals surface area (Å²) in [5, 5.41) is 5.75. The number of sulfonamides is 1. The first-order valence-corrected chi connectivity index (χ1v) is 12.3. The van der Waals surface area contributed by atoms with Crippen molar-refractivity contribution in [3.63, 3.8) is 0 Å². The van der Waals surface area contributed by atoms with Gasteiger partial charge in [-0.2, -0.15) is 4.98 Å². The highest BCUT2D eigenvalue weighted by molar-refractivity contribution is 7.93. The molecule has 0 amide bonds. The van der Waals surface area contributed by atoms with Gasteiger partial charge in [-0.3, -0.25) is 4.31 Å². The number of benzene rings is 2. The SMILES string of the molecule is COc1cc(OC)cc(N(C)S(=O)(=O)c2ccsc2-c2nc(-c3ccc(C)c(C)c3)no2)c1. The number of hydrogen-bond donors (Lipinski definition) is 0. The zero-order valence-electron chi connectivity index (χ0n) is 18.8. The third-order valence-corrected chi connectivity index (χ3v) is 8.21. The third kappa shape index (κ3) is 4.31. The topological polar surface area (TPSA) is 94.8 Å². The summed E-state index contributed by atoms with van der Waals surface area (Å²) in [6.45, 7) is 4.03. The molecule has 8 nitrogen and oxygen atoms in total. The van der Waals surface area contributed by atoms with Crippen LogP contribution in [0.4, 0.5) is 5.69 Å². The first-order valence-electron chi connectivity index (χ1n) is 9.96. The summed E-state index contributed by atoms with van der Waals surface area (Å²) < 4.78 is 44.2. The van der Waals surface area contributed by atoms with E-state index in [1.807, 2.05) is 32.0 Å². The van der Waals surface area contributed by atoms with E-state index in [1.54, 1.807) is 23.6 Å². The van der Waals surface area contributed by atoms with E-state index in [1.165, 1.54) is 43.0 Å². The second-order valence-corrected chi connectivity index (χ2v) is 10.2. The Bertz CT molecular complexity index is 1390. The van der Waals surface area contributed by atoms with Crippen molar-refractivity contribution in [2.24, 2.45) is 0 Å². The molecule has 10 heteroatoms. The van der Waals surface area contributed by atoms with Crippen LogP contribution < -0.4 is 13.8 Å². The van der Waals surface area contributed by atoms with Crippen LogP contribution in [0.25, 0.3) is 22.2 Å². The lowest BCUT2D eigenvalue weighted by Gasteiger charge is -2.20. The minimum absolute atomic E-state index is 0.0760. The molecule has 0 bridgehead atoms. The van der Waals surface area contributed by atoms with Crippen LogP contribution in [0.2, 0.25) is 0 Å². The van der Waals surface area contributed by atoms with E-state index in [9.17, 15) is 8.42 Å². The molecule has 0 unspecified atom stereocenters. The van der Waals surface area contributed by atoms with Crippen LogP contribution in [0.5, 0.6) is 11.5 Å². The summed E-state index contributed by atoms with van der Waals surface area (Å²) in [5.74, 6) is 1.50. The monoisotopic (exact) mass is 485 g/mol. The maximum absolute atomic E-state index is 13.5. The van der Waals surface area contributed by atoms with Gasteiger partial charge in [0.1, 0.15) is 21.3 Å². The quantitative estimate of drug-likeness (QED) is 0.366. The predicted octanol–water partition coefficient (Wildman–Crippen LogP) is 4.92. The molecule has 2 aromatic carbocycles. The number of rotatable bonds is 7. The summed E-state index contributed by atoms with van der Waals surface area (Å²) in [6, 6.07) is 12.3. The van der Waals surface area contributed by atoms with E-state index in [0.717, 1.165) is 16.7 Å². The highest BCUT2D eigenvalue weighted by Gasteiger charge is 2.29. The lowest BCUT2D eigenvalue weighted by molar-refractivity contribution is 0.394. The van der Waals surface area contributed by atoms with Gasteiger partial charge in [-0.05, 0) is 42.5 Å². The average molecular weight is 486 g/mol. The Morgan fingerprint density at radius 1 is 0.970 bits per heavy atom. The fraction of sp³-hybridized carbons (Fsp3) is 0.217. The van der Waals surface area contributed by atoms with E-state index in [4.69, 9.17) is 14.0 Å². The normalized spacial score (nSPS) is 11.4. The fourth-order valence-corrected chi connectivity index (χ4v) is 5.72. The third-order valence-electron chi connectivity index (χ3n) is 5.35. The van der Waals surface area contributed by atoms with Crippen molar-refractivity contribution in [1.29, 1.82) is 0 Å².